The zero-order chi connectivity index (χ0) is 20.9. The van der Waals surface area contributed by atoms with Crippen molar-refractivity contribution < 1.29 is 17.9 Å². The SMILES string of the molecule is CCOc1cccc(CNC(=O)[C@@H](C)N(c2cc(Cl)ccc2Cl)S(C)(=O)=O)c1. The summed E-state index contributed by atoms with van der Waals surface area (Å²) >= 11 is 12.1. The highest BCUT2D eigenvalue weighted by molar-refractivity contribution is 7.92. The van der Waals surface area contributed by atoms with Crippen LogP contribution in [0.25, 0.3) is 0 Å². The molecular weight excluding hydrogens is 423 g/mol. The Labute approximate surface area is 175 Å². The molecule has 28 heavy (non-hydrogen) atoms. The van der Waals surface area contributed by atoms with Gasteiger partial charge in [-0.1, -0.05) is 35.3 Å². The molecule has 0 aliphatic heterocycles. The van der Waals surface area contributed by atoms with Gasteiger partial charge in [0, 0.05) is 11.6 Å². The van der Waals surface area contributed by atoms with Crippen LogP contribution in [0.4, 0.5) is 5.69 Å². The third-order valence-electron chi connectivity index (χ3n) is 3.91. The van der Waals surface area contributed by atoms with Crippen LogP contribution in [-0.2, 0) is 21.4 Å². The van der Waals surface area contributed by atoms with Crippen LogP contribution >= 0.6 is 23.2 Å². The van der Waals surface area contributed by atoms with Gasteiger partial charge in [-0.2, -0.15) is 0 Å². The Hall–Kier alpha value is -1.96. The fourth-order valence-corrected chi connectivity index (χ4v) is 4.29. The van der Waals surface area contributed by atoms with Crippen molar-refractivity contribution in [1.82, 2.24) is 5.32 Å². The smallest absolute Gasteiger partial charge is 0.243 e. The average Bonchev–Trinajstić information content (AvgIpc) is 2.62. The van der Waals surface area contributed by atoms with Crippen molar-refractivity contribution in [1.29, 1.82) is 0 Å². The number of carbonyl (C=O) groups excluding carboxylic acids is 1. The molecule has 0 fully saturated rings. The largest absolute Gasteiger partial charge is 0.494 e. The molecule has 0 spiro atoms. The minimum atomic E-state index is -3.79. The normalized spacial score (nSPS) is 12.3. The second kappa shape index (κ2) is 9.49. The van der Waals surface area contributed by atoms with Crippen molar-refractivity contribution in [3.63, 3.8) is 0 Å². The first-order valence-electron chi connectivity index (χ1n) is 8.57. The zero-order valence-electron chi connectivity index (χ0n) is 15.8. The first-order valence-corrected chi connectivity index (χ1v) is 11.2. The summed E-state index contributed by atoms with van der Waals surface area (Å²) in [7, 11) is -3.79. The van der Waals surface area contributed by atoms with Crippen LogP contribution < -0.4 is 14.4 Å². The summed E-state index contributed by atoms with van der Waals surface area (Å²) < 4.78 is 31.1. The molecule has 6 nitrogen and oxygen atoms in total. The first-order chi connectivity index (χ1) is 13.1. The van der Waals surface area contributed by atoms with Crippen LogP contribution in [0.1, 0.15) is 19.4 Å². The monoisotopic (exact) mass is 444 g/mol. The highest BCUT2D eigenvalue weighted by atomic mass is 35.5. The second-order valence-corrected chi connectivity index (χ2v) is 8.83. The van der Waals surface area contributed by atoms with Gasteiger partial charge in [0.05, 0.1) is 23.6 Å². The van der Waals surface area contributed by atoms with E-state index in [2.05, 4.69) is 5.32 Å². The van der Waals surface area contributed by atoms with Gasteiger partial charge in [-0.25, -0.2) is 8.42 Å². The van der Waals surface area contributed by atoms with E-state index in [1.165, 1.54) is 19.1 Å². The van der Waals surface area contributed by atoms with Crippen LogP contribution in [0, 0.1) is 0 Å². The summed E-state index contributed by atoms with van der Waals surface area (Å²) in [5, 5.41) is 3.24. The van der Waals surface area contributed by atoms with Crippen LogP contribution in [0.5, 0.6) is 5.75 Å². The van der Waals surface area contributed by atoms with E-state index in [1.807, 2.05) is 31.2 Å². The summed E-state index contributed by atoms with van der Waals surface area (Å²) in [6, 6.07) is 10.7. The van der Waals surface area contributed by atoms with E-state index in [9.17, 15) is 13.2 Å². The van der Waals surface area contributed by atoms with E-state index >= 15 is 0 Å². The standard InChI is InChI=1S/C19H22Cl2N2O4S/c1-4-27-16-7-5-6-14(10-16)12-22-19(24)13(2)23(28(3,25)26)18-11-15(20)8-9-17(18)21/h5-11,13H,4,12H2,1-3H3,(H,22,24)/t13-/m1/s1. The lowest BCUT2D eigenvalue weighted by Crippen LogP contribution is -2.47. The average molecular weight is 445 g/mol. The van der Waals surface area contributed by atoms with Gasteiger partial charge >= 0.3 is 0 Å². The van der Waals surface area contributed by atoms with Crippen LogP contribution in [0.15, 0.2) is 42.5 Å². The molecule has 1 amide bonds. The Morgan fingerprint density at radius 2 is 1.93 bits per heavy atom. The van der Waals surface area contributed by atoms with Gasteiger partial charge in [0.15, 0.2) is 0 Å². The maximum atomic E-state index is 12.7. The van der Waals surface area contributed by atoms with Gasteiger partial charge in [-0.3, -0.25) is 9.10 Å². The number of rotatable bonds is 8. The maximum absolute atomic E-state index is 12.7. The zero-order valence-corrected chi connectivity index (χ0v) is 18.1. The van der Waals surface area contributed by atoms with Gasteiger partial charge in [0.25, 0.3) is 0 Å². The molecule has 0 aliphatic rings. The molecule has 152 valence electrons. The number of hydrogen-bond donors (Lipinski definition) is 1. The number of nitrogens with one attached hydrogen (secondary N) is 1. The quantitative estimate of drug-likeness (QED) is 0.670. The first kappa shape index (κ1) is 22.3. The number of benzene rings is 2. The number of hydrogen-bond acceptors (Lipinski definition) is 4. The van der Waals surface area contributed by atoms with Crippen molar-refractivity contribution in [2.45, 2.75) is 26.4 Å². The summed E-state index contributed by atoms with van der Waals surface area (Å²) in [6.45, 7) is 4.14. The Kier molecular flexibility index (Phi) is 7.57. The summed E-state index contributed by atoms with van der Waals surface area (Å²) in [5.74, 6) is 0.231. The number of halogens is 2. The van der Waals surface area contributed by atoms with Crippen molar-refractivity contribution in [2.24, 2.45) is 0 Å². The van der Waals surface area contributed by atoms with E-state index in [4.69, 9.17) is 27.9 Å². The lowest BCUT2D eigenvalue weighted by molar-refractivity contribution is -0.122. The number of sulfonamides is 1. The van der Waals surface area contributed by atoms with Crippen molar-refractivity contribution in [2.75, 3.05) is 17.2 Å². The molecule has 1 atom stereocenters. The van der Waals surface area contributed by atoms with E-state index in [1.54, 1.807) is 6.07 Å². The molecule has 0 saturated carbocycles. The van der Waals surface area contributed by atoms with Gasteiger partial charge in [-0.05, 0) is 49.7 Å². The molecule has 0 aromatic heterocycles. The van der Waals surface area contributed by atoms with Crippen LogP contribution in [0.3, 0.4) is 0 Å². The molecule has 2 aromatic rings. The molecule has 0 radical (unpaired) electrons. The highest BCUT2D eigenvalue weighted by Crippen LogP contribution is 2.32. The second-order valence-electron chi connectivity index (χ2n) is 6.13. The molecule has 2 aromatic carbocycles. The van der Waals surface area contributed by atoms with Crippen LogP contribution in [0.2, 0.25) is 10.0 Å². The Balaban J connectivity index is 2.20. The number of amides is 1. The molecule has 0 saturated heterocycles. The third kappa shape index (κ3) is 5.77. The summed E-state index contributed by atoms with van der Waals surface area (Å²) in [5.41, 5.74) is 0.982. The Bertz CT molecular complexity index is 951. The van der Waals surface area contributed by atoms with E-state index in [0.717, 1.165) is 16.1 Å². The molecule has 0 unspecified atom stereocenters. The molecular formula is C19H22Cl2N2O4S. The van der Waals surface area contributed by atoms with Crippen LogP contribution in [-0.4, -0.2) is 33.2 Å². The summed E-state index contributed by atoms with van der Waals surface area (Å²) in [4.78, 5) is 12.7. The van der Waals surface area contributed by atoms with Crippen molar-refractivity contribution >= 4 is 44.8 Å². The fourth-order valence-electron chi connectivity index (χ4n) is 2.68. The van der Waals surface area contributed by atoms with E-state index in [0.29, 0.717) is 17.4 Å². The van der Waals surface area contributed by atoms with Gasteiger partial charge in [0.1, 0.15) is 11.8 Å². The maximum Gasteiger partial charge on any atom is 0.243 e. The molecule has 0 heterocycles. The van der Waals surface area contributed by atoms with Gasteiger partial charge in [0.2, 0.25) is 15.9 Å². The fraction of sp³-hybridized carbons (Fsp3) is 0.316. The molecule has 9 heteroatoms. The number of nitrogens with zero attached hydrogens (tertiary/aromatic N) is 1. The lowest BCUT2D eigenvalue weighted by atomic mass is 10.2. The molecule has 1 N–H and O–H groups in total. The van der Waals surface area contributed by atoms with E-state index < -0.39 is 22.0 Å². The van der Waals surface area contributed by atoms with Crippen molar-refractivity contribution in [3.8, 4) is 5.75 Å². The minimum Gasteiger partial charge on any atom is -0.494 e. The molecule has 0 aliphatic carbocycles. The Morgan fingerprint density at radius 3 is 2.57 bits per heavy atom. The van der Waals surface area contributed by atoms with Gasteiger partial charge in [-0.15, -0.1) is 0 Å². The predicted octanol–water partition coefficient (Wildman–Crippen LogP) is 3.86. The topological polar surface area (TPSA) is 75.7 Å². The predicted molar refractivity (Wildman–Crippen MR) is 113 cm³/mol. The number of ether oxygens (including phenoxy) is 1. The lowest BCUT2D eigenvalue weighted by Gasteiger charge is -2.29. The molecule has 0 bridgehead atoms. The summed E-state index contributed by atoms with van der Waals surface area (Å²) in [6.07, 6.45) is 1.01. The highest BCUT2D eigenvalue weighted by Gasteiger charge is 2.30. The third-order valence-corrected chi connectivity index (χ3v) is 5.69. The molecule has 2 rings (SSSR count). The minimum absolute atomic E-state index is 0.151. The number of anilines is 1. The van der Waals surface area contributed by atoms with Crippen molar-refractivity contribution in [3.05, 3.63) is 58.1 Å². The Morgan fingerprint density at radius 1 is 1.21 bits per heavy atom. The van der Waals surface area contributed by atoms with E-state index in [-0.39, 0.29) is 17.3 Å². The number of carbonyl (C=O) groups is 1. The van der Waals surface area contributed by atoms with Gasteiger partial charge < -0.3 is 10.1 Å².